The van der Waals surface area contributed by atoms with Gasteiger partial charge >= 0.3 is 0 Å². The Labute approximate surface area is 62.2 Å². The Morgan fingerprint density at radius 1 is 1.45 bits per heavy atom. The fourth-order valence-corrected chi connectivity index (χ4v) is 0.659. The average Bonchev–Trinajstić information content (AvgIpc) is 2.58. The molecule has 5 heteroatoms. The summed E-state index contributed by atoms with van der Waals surface area (Å²) >= 11 is 0. The van der Waals surface area contributed by atoms with Gasteiger partial charge in [-0.25, -0.2) is 19.9 Å². The molecule has 0 atom stereocenters. The minimum atomic E-state index is 0.442. The van der Waals surface area contributed by atoms with Crippen LogP contribution >= 0.6 is 0 Å². The van der Waals surface area contributed by atoms with Crippen molar-refractivity contribution in [2.24, 2.45) is 0 Å². The van der Waals surface area contributed by atoms with Gasteiger partial charge in [-0.2, -0.15) is 0 Å². The van der Waals surface area contributed by atoms with Crippen LogP contribution < -0.4 is 0 Å². The van der Waals surface area contributed by atoms with Gasteiger partial charge in [0.1, 0.15) is 6.33 Å². The molecule has 0 unspecified atom stereocenters. The third-order valence-corrected chi connectivity index (χ3v) is 1.10. The Morgan fingerprint density at radius 2 is 2.45 bits per heavy atom. The van der Waals surface area contributed by atoms with E-state index in [1.54, 1.807) is 0 Å². The van der Waals surface area contributed by atoms with Crippen molar-refractivity contribution in [1.29, 1.82) is 0 Å². The van der Waals surface area contributed by atoms with Crippen LogP contribution in [0.15, 0.2) is 23.3 Å². The minimum Gasteiger partial charge on any atom is -0.440 e. The number of rotatable bonds is 1. The molecular formula is C6H3N4O. The Hall–Kier alpha value is -1.78. The molecular weight excluding hydrogens is 144 g/mol. The summed E-state index contributed by atoms with van der Waals surface area (Å²) in [5, 5.41) is 0. The normalized spacial score (nSPS) is 9.82. The van der Waals surface area contributed by atoms with Crippen molar-refractivity contribution < 1.29 is 4.42 Å². The zero-order valence-corrected chi connectivity index (χ0v) is 5.43. The summed E-state index contributed by atoms with van der Waals surface area (Å²) in [6, 6.07) is 0. The number of oxazole rings is 1. The fourth-order valence-electron chi connectivity index (χ4n) is 0.659. The maximum Gasteiger partial charge on any atom is 0.201 e. The first-order valence-corrected chi connectivity index (χ1v) is 2.91. The number of aromatic nitrogens is 4. The van der Waals surface area contributed by atoms with E-state index in [1.807, 2.05) is 0 Å². The molecule has 0 amide bonds. The molecule has 0 aromatic carbocycles. The smallest absolute Gasteiger partial charge is 0.201 e. The van der Waals surface area contributed by atoms with Gasteiger partial charge in [-0.15, -0.1) is 0 Å². The lowest BCUT2D eigenvalue weighted by Gasteiger charge is -1.88. The summed E-state index contributed by atoms with van der Waals surface area (Å²) in [4.78, 5) is 14.8. The van der Waals surface area contributed by atoms with Crippen LogP contribution in [-0.4, -0.2) is 19.9 Å². The van der Waals surface area contributed by atoms with Gasteiger partial charge in [0.05, 0.1) is 6.20 Å². The van der Waals surface area contributed by atoms with Gasteiger partial charge in [0, 0.05) is 0 Å². The van der Waals surface area contributed by atoms with E-state index in [-0.39, 0.29) is 0 Å². The molecule has 0 aliphatic heterocycles. The van der Waals surface area contributed by atoms with Gasteiger partial charge in [-0.1, -0.05) is 0 Å². The molecule has 1 radical (unpaired) electrons. The summed E-state index contributed by atoms with van der Waals surface area (Å²) in [5.41, 5.74) is 0. The number of hydrogen-bond donors (Lipinski definition) is 0. The molecule has 53 valence electrons. The molecule has 2 rings (SSSR count). The monoisotopic (exact) mass is 147 g/mol. The van der Waals surface area contributed by atoms with Crippen molar-refractivity contribution in [3.05, 3.63) is 25.2 Å². The van der Waals surface area contributed by atoms with Crippen molar-refractivity contribution >= 4 is 0 Å². The Balaban J connectivity index is 2.46. The molecule has 0 fully saturated rings. The molecule has 2 aromatic rings. The fraction of sp³-hybridized carbons (Fsp3) is 0. The first-order chi connectivity index (χ1) is 5.47. The van der Waals surface area contributed by atoms with E-state index in [9.17, 15) is 0 Å². The molecule has 0 saturated heterocycles. The SMILES string of the molecule is [c]1ncnc(-c2cnco2)n1. The molecule has 0 N–H and O–H groups in total. The molecule has 0 spiro atoms. The van der Waals surface area contributed by atoms with Crippen LogP contribution in [0.1, 0.15) is 0 Å². The Kier molecular flexibility index (Phi) is 1.33. The van der Waals surface area contributed by atoms with E-state index in [0.29, 0.717) is 11.6 Å². The second-order valence-electron chi connectivity index (χ2n) is 1.77. The molecule has 0 aliphatic rings. The highest BCUT2D eigenvalue weighted by molar-refractivity contribution is 5.42. The average molecular weight is 147 g/mol. The molecule has 2 aromatic heterocycles. The maximum atomic E-state index is 4.94. The van der Waals surface area contributed by atoms with Crippen molar-refractivity contribution in [3.63, 3.8) is 0 Å². The van der Waals surface area contributed by atoms with Gasteiger partial charge in [-0.3, -0.25) is 0 Å². The predicted molar refractivity (Wildman–Crippen MR) is 34.2 cm³/mol. The van der Waals surface area contributed by atoms with Crippen LogP contribution in [0.25, 0.3) is 11.6 Å². The summed E-state index contributed by atoms with van der Waals surface area (Å²) in [5.74, 6) is 0.959. The maximum absolute atomic E-state index is 4.94. The molecule has 11 heavy (non-hydrogen) atoms. The highest BCUT2D eigenvalue weighted by Gasteiger charge is 2.01. The molecule has 2 heterocycles. The number of hydrogen-bond acceptors (Lipinski definition) is 5. The molecule has 0 saturated carbocycles. The van der Waals surface area contributed by atoms with E-state index in [0.717, 1.165) is 0 Å². The Bertz CT molecular complexity index is 318. The second-order valence-corrected chi connectivity index (χ2v) is 1.77. The van der Waals surface area contributed by atoms with Gasteiger partial charge in [0.2, 0.25) is 12.2 Å². The van der Waals surface area contributed by atoms with Crippen molar-refractivity contribution in [2.75, 3.05) is 0 Å². The largest absolute Gasteiger partial charge is 0.440 e. The van der Waals surface area contributed by atoms with Crippen LogP contribution in [0.3, 0.4) is 0 Å². The van der Waals surface area contributed by atoms with Crippen LogP contribution in [0.2, 0.25) is 0 Å². The quantitative estimate of drug-likeness (QED) is 0.581. The zero-order chi connectivity index (χ0) is 7.52. The lowest BCUT2D eigenvalue weighted by Crippen LogP contribution is -1.86. The standard InChI is InChI=1S/C6H3N4O/c1-5(11-4-7-1)6-9-2-8-3-10-6/h1-2,4H. The topological polar surface area (TPSA) is 64.7 Å². The first-order valence-electron chi connectivity index (χ1n) is 2.91. The summed E-state index contributed by atoms with van der Waals surface area (Å²) < 4.78 is 4.94. The zero-order valence-electron chi connectivity index (χ0n) is 5.43. The summed E-state index contributed by atoms with van der Waals surface area (Å²) in [6.07, 6.45) is 6.60. The molecule has 0 bridgehead atoms. The first kappa shape index (κ1) is 5.96. The van der Waals surface area contributed by atoms with Crippen LogP contribution in [0.5, 0.6) is 0 Å². The van der Waals surface area contributed by atoms with Gasteiger partial charge in [0.25, 0.3) is 0 Å². The number of nitrogens with zero attached hydrogens (tertiary/aromatic N) is 4. The summed E-state index contributed by atoms with van der Waals surface area (Å²) in [6.45, 7) is 0. The Morgan fingerprint density at radius 3 is 3.09 bits per heavy atom. The van der Waals surface area contributed by atoms with Crippen LogP contribution in [-0.2, 0) is 0 Å². The van der Waals surface area contributed by atoms with E-state index < -0.39 is 0 Å². The van der Waals surface area contributed by atoms with Crippen LogP contribution in [0.4, 0.5) is 0 Å². The van der Waals surface area contributed by atoms with E-state index in [1.165, 1.54) is 18.9 Å². The van der Waals surface area contributed by atoms with E-state index in [4.69, 9.17) is 4.42 Å². The van der Waals surface area contributed by atoms with Crippen molar-refractivity contribution in [2.45, 2.75) is 0 Å². The van der Waals surface area contributed by atoms with E-state index in [2.05, 4.69) is 26.3 Å². The van der Waals surface area contributed by atoms with Crippen LogP contribution in [0, 0.1) is 6.33 Å². The van der Waals surface area contributed by atoms with Crippen molar-refractivity contribution in [1.82, 2.24) is 19.9 Å². The molecule has 0 aliphatic carbocycles. The predicted octanol–water partition coefficient (Wildman–Crippen LogP) is 0.327. The highest BCUT2D eigenvalue weighted by atomic mass is 16.3. The lowest BCUT2D eigenvalue weighted by atomic mass is 10.5. The lowest BCUT2D eigenvalue weighted by molar-refractivity contribution is 0.566. The second kappa shape index (κ2) is 2.45. The third kappa shape index (κ3) is 1.07. The minimum absolute atomic E-state index is 0.442. The third-order valence-electron chi connectivity index (χ3n) is 1.10. The van der Waals surface area contributed by atoms with E-state index >= 15 is 0 Å². The van der Waals surface area contributed by atoms with Gasteiger partial charge in [0.15, 0.2) is 12.2 Å². The highest BCUT2D eigenvalue weighted by Crippen LogP contribution is 2.09. The molecule has 5 nitrogen and oxygen atoms in total. The van der Waals surface area contributed by atoms with Gasteiger partial charge in [-0.05, 0) is 0 Å². The summed E-state index contributed by atoms with van der Waals surface area (Å²) in [7, 11) is 0. The van der Waals surface area contributed by atoms with Crippen molar-refractivity contribution in [3.8, 4) is 11.6 Å². The van der Waals surface area contributed by atoms with Gasteiger partial charge < -0.3 is 4.42 Å².